The van der Waals surface area contributed by atoms with Gasteiger partial charge in [0, 0.05) is 53.5 Å². The number of nitrogens with zero attached hydrogens (tertiary/aromatic N) is 2. The standard InChI is InChI=1S/C14H17NO.C14H15NO.B/c2*1-10(16)11-4-5-13-9-14(15(2)3)7-6-12(13)8-11;/h4-10,16H,1-3H3;4-9H,1-3H3;. The number of rotatable bonds is 4. The van der Waals surface area contributed by atoms with Gasteiger partial charge in [0.25, 0.3) is 0 Å². The van der Waals surface area contributed by atoms with Crippen LogP contribution in [-0.4, -0.2) is 47.5 Å². The van der Waals surface area contributed by atoms with Gasteiger partial charge in [-0.25, -0.2) is 0 Å². The molecule has 4 rings (SSSR count). The van der Waals surface area contributed by atoms with Crippen LogP contribution in [0.1, 0.15) is 35.9 Å². The number of fused-ring (bicyclic) bond motifs is 2. The van der Waals surface area contributed by atoms with Gasteiger partial charge in [-0.1, -0.05) is 36.4 Å². The maximum Gasteiger partial charge on any atom is 0.159 e. The summed E-state index contributed by atoms with van der Waals surface area (Å²) >= 11 is 0. The summed E-state index contributed by atoms with van der Waals surface area (Å²) < 4.78 is 0. The SMILES string of the molecule is CC(=O)c1ccc2cc(N(C)C)ccc2c1.CC(O)c1ccc2cc(N(C)C)ccc2c1.[B]. The van der Waals surface area contributed by atoms with E-state index in [0.717, 1.165) is 21.9 Å². The summed E-state index contributed by atoms with van der Waals surface area (Å²) in [5.41, 5.74) is 4.09. The van der Waals surface area contributed by atoms with Gasteiger partial charge in [0.1, 0.15) is 0 Å². The molecule has 4 nitrogen and oxygen atoms in total. The molecule has 1 unspecified atom stereocenters. The van der Waals surface area contributed by atoms with Crippen molar-refractivity contribution in [2.24, 2.45) is 0 Å². The zero-order valence-corrected chi connectivity index (χ0v) is 20.3. The lowest BCUT2D eigenvalue weighted by atomic mass is 10.0. The molecule has 0 spiro atoms. The molecule has 1 atom stereocenters. The highest BCUT2D eigenvalue weighted by Crippen LogP contribution is 2.24. The van der Waals surface area contributed by atoms with Crippen LogP contribution in [0.4, 0.5) is 11.4 Å². The fraction of sp³-hybridized carbons (Fsp3) is 0.250. The third-order valence-corrected chi connectivity index (χ3v) is 5.59. The minimum Gasteiger partial charge on any atom is -0.389 e. The van der Waals surface area contributed by atoms with E-state index in [1.165, 1.54) is 22.1 Å². The Kier molecular flexibility index (Phi) is 8.66. The van der Waals surface area contributed by atoms with Crippen molar-refractivity contribution in [3.8, 4) is 0 Å². The first-order valence-corrected chi connectivity index (χ1v) is 10.8. The minimum atomic E-state index is -0.405. The lowest BCUT2D eigenvalue weighted by Gasteiger charge is -2.13. The van der Waals surface area contributed by atoms with Crippen LogP contribution in [0.5, 0.6) is 0 Å². The van der Waals surface area contributed by atoms with Crippen LogP contribution in [0.15, 0.2) is 72.8 Å². The second-order valence-corrected chi connectivity index (χ2v) is 8.56. The number of aliphatic hydroxyl groups excluding tert-OH is 1. The Bertz CT molecular complexity index is 1200. The Hall–Kier alpha value is -3.31. The number of carbonyl (C=O) groups excluding carboxylic acids is 1. The molecule has 5 heteroatoms. The predicted molar refractivity (Wildman–Crippen MR) is 143 cm³/mol. The van der Waals surface area contributed by atoms with Crippen LogP contribution < -0.4 is 9.80 Å². The highest BCUT2D eigenvalue weighted by atomic mass is 16.3. The predicted octanol–water partition coefficient (Wildman–Crippen LogP) is 5.69. The Labute approximate surface area is 199 Å². The van der Waals surface area contributed by atoms with Crippen molar-refractivity contribution in [1.82, 2.24) is 0 Å². The molecule has 0 saturated heterocycles. The summed E-state index contributed by atoms with van der Waals surface area (Å²) in [7, 11) is 8.10. The minimum absolute atomic E-state index is 0. The summed E-state index contributed by atoms with van der Waals surface area (Å²) in [6.45, 7) is 3.38. The summed E-state index contributed by atoms with van der Waals surface area (Å²) in [5.74, 6) is 0.110. The molecule has 0 amide bonds. The summed E-state index contributed by atoms with van der Waals surface area (Å²) in [6, 6.07) is 24.5. The van der Waals surface area contributed by atoms with Crippen molar-refractivity contribution in [3.05, 3.63) is 83.9 Å². The molecule has 0 bridgehead atoms. The zero-order chi connectivity index (χ0) is 23.4. The Morgan fingerprint density at radius 3 is 1.58 bits per heavy atom. The highest BCUT2D eigenvalue weighted by molar-refractivity contribution is 5.99. The van der Waals surface area contributed by atoms with E-state index in [9.17, 15) is 9.90 Å². The summed E-state index contributed by atoms with van der Waals surface area (Å²) in [6.07, 6.45) is -0.405. The number of ketones is 1. The summed E-state index contributed by atoms with van der Waals surface area (Å²) in [4.78, 5) is 15.4. The van der Waals surface area contributed by atoms with Crippen molar-refractivity contribution in [2.75, 3.05) is 38.0 Å². The van der Waals surface area contributed by atoms with Crippen molar-refractivity contribution in [2.45, 2.75) is 20.0 Å². The van der Waals surface area contributed by atoms with Gasteiger partial charge in [-0.15, -0.1) is 0 Å². The van der Waals surface area contributed by atoms with Gasteiger partial charge < -0.3 is 14.9 Å². The van der Waals surface area contributed by atoms with Crippen molar-refractivity contribution >= 4 is 47.1 Å². The van der Waals surface area contributed by atoms with E-state index in [0.29, 0.717) is 0 Å². The van der Waals surface area contributed by atoms with Gasteiger partial charge in [-0.2, -0.15) is 0 Å². The van der Waals surface area contributed by atoms with Gasteiger partial charge in [0.15, 0.2) is 5.78 Å². The topological polar surface area (TPSA) is 43.8 Å². The van der Waals surface area contributed by atoms with Crippen LogP contribution in [0, 0.1) is 0 Å². The number of hydrogen-bond donors (Lipinski definition) is 1. The molecule has 0 aliphatic heterocycles. The molecule has 0 aliphatic carbocycles. The Morgan fingerprint density at radius 2 is 1.12 bits per heavy atom. The van der Waals surface area contributed by atoms with Crippen LogP contribution in [0.2, 0.25) is 0 Å². The number of benzene rings is 4. The average Bonchev–Trinajstić information content (AvgIpc) is 2.77. The van der Waals surface area contributed by atoms with E-state index in [4.69, 9.17) is 0 Å². The Morgan fingerprint density at radius 1 is 0.697 bits per heavy atom. The fourth-order valence-corrected chi connectivity index (χ4v) is 3.52. The molecule has 0 aliphatic rings. The Balaban J connectivity index is 0.000000227. The smallest absolute Gasteiger partial charge is 0.159 e. The van der Waals surface area contributed by atoms with Gasteiger partial charge >= 0.3 is 0 Å². The lowest BCUT2D eigenvalue weighted by molar-refractivity contribution is 0.101. The highest BCUT2D eigenvalue weighted by Gasteiger charge is 2.04. The van der Waals surface area contributed by atoms with Crippen molar-refractivity contribution in [1.29, 1.82) is 0 Å². The van der Waals surface area contributed by atoms with E-state index < -0.39 is 6.10 Å². The van der Waals surface area contributed by atoms with Crippen LogP contribution in [0.3, 0.4) is 0 Å². The van der Waals surface area contributed by atoms with Crippen LogP contribution in [-0.2, 0) is 0 Å². The molecule has 0 heterocycles. The van der Waals surface area contributed by atoms with Crippen LogP contribution >= 0.6 is 0 Å². The van der Waals surface area contributed by atoms with E-state index in [1.807, 2.05) is 58.5 Å². The number of aliphatic hydroxyl groups is 1. The molecular weight excluding hydrogens is 407 g/mol. The molecule has 0 saturated carbocycles. The third kappa shape index (κ3) is 6.36. The molecule has 4 aromatic rings. The van der Waals surface area contributed by atoms with E-state index in [-0.39, 0.29) is 14.2 Å². The number of Topliss-reactive ketones (excluding diaryl/α,β-unsaturated/α-hetero) is 1. The van der Waals surface area contributed by atoms with Gasteiger partial charge in [0.05, 0.1) is 6.10 Å². The quantitative estimate of drug-likeness (QED) is 0.328. The maximum absolute atomic E-state index is 11.3. The zero-order valence-electron chi connectivity index (χ0n) is 20.3. The molecule has 1 N–H and O–H groups in total. The lowest BCUT2D eigenvalue weighted by Crippen LogP contribution is -2.08. The fourth-order valence-electron chi connectivity index (χ4n) is 3.52. The molecule has 0 aromatic heterocycles. The first-order chi connectivity index (χ1) is 15.2. The number of hydrogen-bond acceptors (Lipinski definition) is 4. The second-order valence-electron chi connectivity index (χ2n) is 8.56. The third-order valence-electron chi connectivity index (χ3n) is 5.59. The normalized spacial score (nSPS) is 11.2. The van der Waals surface area contributed by atoms with Gasteiger partial charge in [0.2, 0.25) is 0 Å². The molecular formula is C28H32BN2O2. The average molecular weight is 439 g/mol. The van der Waals surface area contributed by atoms with Crippen LogP contribution in [0.25, 0.3) is 21.5 Å². The largest absolute Gasteiger partial charge is 0.389 e. The number of carbonyl (C=O) groups is 1. The second kappa shape index (κ2) is 11.0. The first kappa shape index (κ1) is 26.0. The van der Waals surface area contributed by atoms with E-state index in [1.54, 1.807) is 13.8 Å². The monoisotopic (exact) mass is 439 g/mol. The molecule has 3 radical (unpaired) electrons. The first-order valence-electron chi connectivity index (χ1n) is 10.8. The summed E-state index contributed by atoms with van der Waals surface area (Å²) in [5, 5.41) is 14.2. The number of anilines is 2. The van der Waals surface area contributed by atoms with E-state index in [2.05, 4.69) is 52.3 Å². The molecule has 0 fully saturated rings. The van der Waals surface area contributed by atoms with Gasteiger partial charge in [-0.3, -0.25) is 4.79 Å². The van der Waals surface area contributed by atoms with Crippen molar-refractivity contribution in [3.63, 3.8) is 0 Å². The van der Waals surface area contributed by atoms with E-state index >= 15 is 0 Å². The molecule has 4 aromatic carbocycles. The molecule has 169 valence electrons. The molecule has 33 heavy (non-hydrogen) atoms. The van der Waals surface area contributed by atoms with Gasteiger partial charge in [-0.05, 0) is 77.4 Å². The maximum atomic E-state index is 11.3. The van der Waals surface area contributed by atoms with Crippen molar-refractivity contribution < 1.29 is 9.90 Å².